The smallest absolute Gasteiger partial charge is 0.160 e. The monoisotopic (exact) mass is 767 g/mol. The minimum absolute atomic E-state index is 0.665. The minimum Gasteiger partial charge on any atom is -0.456 e. The highest BCUT2D eigenvalue weighted by Gasteiger charge is 2.21. The summed E-state index contributed by atoms with van der Waals surface area (Å²) in [5, 5.41) is 5.48. The average Bonchev–Trinajstić information content (AvgIpc) is 3.91. The highest BCUT2D eigenvalue weighted by atomic mass is 16.3. The van der Waals surface area contributed by atoms with E-state index in [1.807, 2.05) is 60.8 Å². The third kappa shape index (κ3) is 5.59. The van der Waals surface area contributed by atoms with Crippen LogP contribution in [0.25, 0.3) is 122 Å². The van der Waals surface area contributed by atoms with Crippen molar-refractivity contribution in [2.24, 2.45) is 0 Å². The van der Waals surface area contributed by atoms with E-state index in [0.717, 1.165) is 116 Å². The van der Waals surface area contributed by atoms with Gasteiger partial charge in [0.2, 0.25) is 0 Å². The Bertz CT molecular complexity index is 3580. The van der Waals surface area contributed by atoms with E-state index < -0.39 is 0 Å². The predicted molar refractivity (Wildman–Crippen MR) is 245 cm³/mol. The molecule has 12 aromatic rings. The van der Waals surface area contributed by atoms with Crippen LogP contribution in [-0.4, -0.2) is 15.0 Å². The van der Waals surface area contributed by atoms with E-state index in [9.17, 15) is 0 Å². The molecule has 0 radical (unpaired) electrons. The van der Waals surface area contributed by atoms with E-state index in [4.69, 9.17) is 18.8 Å². The third-order valence-corrected chi connectivity index (χ3v) is 11.6. The van der Waals surface area contributed by atoms with Crippen molar-refractivity contribution in [3.63, 3.8) is 0 Å². The maximum atomic E-state index is 6.74. The van der Waals surface area contributed by atoms with E-state index >= 15 is 0 Å². The van der Waals surface area contributed by atoms with Gasteiger partial charge in [-0.25, -0.2) is 9.97 Å². The molecule has 12 rings (SSSR count). The van der Waals surface area contributed by atoms with Gasteiger partial charge >= 0.3 is 0 Å². The van der Waals surface area contributed by atoms with Gasteiger partial charge in [-0.15, -0.1) is 0 Å². The molecule has 0 spiro atoms. The molecule has 5 heteroatoms. The topological polar surface area (TPSA) is 65.0 Å². The van der Waals surface area contributed by atoms with Gasteiger partial charge in [0.15, 0.2) is 5.82 Å². The number of nitrogens with zero attached hydrogens (tertiary/aromatic N) is 3. The second-order valence-corrected chi connectivity index (χ2v) is 15.1. The summed E-state index contributed by atoms with van der Waals surface area (Å²) in [6, 6.07) is 67.1. The van der Waals surface area contributed by atoms with Crippen molar-refractivity contribution in [2.75, 3.05) is 0 Å². The summed E-state index contributed by atoms with van der Waals surface area (Å²) in [6.45, 7) is 0. The summed E-state index contributed by atoms with van der Waals surface area (Å²) >= 11 is 0. The zero-order valence-corrected chi connectivity index (χ0v) is 32.2. The Labute approximate surface area is 344 Å². The van der Waals surface area contributed by atoms with Gasteiger partial charge < -0.3 is 8.83 Å². The molecular formula is C55H33N3O2. The molecule has 0 bridgehead atoms. The van der Waals surface area contributed by atoms with Crippen molar-refractivity contribution in [1.82, 2.24) is 15.0 Å². The molecule has 0 amide bonds. The molecule has 4 aromatic heterocycles. The van der Waals surface area contributed by atoms with Crippen LogP contribution in [0.3, 0.4) is 0 Å². The lowest BCUT2D eigenvalue weighted by Crippen LogP contribution is -1.96. The number of furan rings is 2. The van der Waals surface area contributed by atoms with Crippen LogP contribution in [0.1, 0.15) is 0 Å². The fraction of sp³-hybridized carbons (Fsp3) is 0. The number of hydrogen-bond donors (Lipinski definition) is 0. The number of pyridine rings is 1. The van der Waals surface area contributed by atoms with Crippen molar-refractivity contribution in [1.29, 1.82) is 0 Å². The summed E-state index contributed by atoms with van der Waals surface area (Å²) in [4.78, 5) is 14.9. The van der Waals surface area contributed by atoms with Crippen LogP contribution in [0.2, 0.25) is 0 Å². The summed E-state index contributed by atoms with van der Waals surface area (Å²) in [5.41, 5.74) is 15.6. The lowest BCUT2D eigenvalue weighted by Gasteiger charge is -2.12. The minimum atomic E-state index is 0.665. The highest BCUT2D eigenvalue weighted by molar-refractivity contribution is 6.21. The molecule has 0 atom stereocenters. The molecule has 0 fully saturated rings. The van der Waals surface area contributed by atoms with Crippen LogP contribution < -0.4 is 0 Å². The van der Waals surface area contributed by atoms with Crippen molar-refractivity contribution in [2.45, 2.75) is 0 Å². The lowest BCUT2D eigenvalue weighted by molar-refractivity contribution is 0.668. The van der Waals surface area contributed by atoms with Gasteiger partial charge in [0.25, 0.3) is 0 Å². The fourth-order valence-corrected chi connectivity index (χ4v) is 8.72. The SMILES string of the molecule is c1ccc(-c2cc(-c3ccc(-c4ccc(-c5cccc6oc7ccccc7c56)c5c4oc4ccccc45)cc3)nc(-c3ccc(-c4cccc5cccnc45)cc3)n2)cc1. The largest absolute Gasteiger partial charge is 0.456 e. The molecule has 8 aromatic carbocycles. The van der Waals surface area contributed by atoms with Gasteiger partial charge in [-0.1, -0.05) is 158 Å². The predicted octanol–water partition coefficient (Wildman–Crippen LogP) is 14.8. The number of para-hydroxylation sites is 3. The molecule has 0 N–H and O–H groups in total. The van der Waals surface area contributed by atoms with Crippen molar-refractivity contribution in [3.05, 3.63) is 200 Å². The molecular weight excluding hydrogens is 735 g/mol. The third-order valence-electron chi connectivity index (χ3n) is 11.6. The van der Waals surface area contributed by atoms with E-state index in [1.54, 1.807) is 0 Å². The van der Waals surface area contributed by atoms with Crippen LogP contribution in [0.5, 0.6) is 0 Å². The van der Waals surface area contributed by atoms with Crippen LogP contribution in [0, 0.1) is 0 Å². The molecule has 5 nitrogen and oxygen atoms in total. The van der Waals surface area contributed by atoms with Crippen molar-refractivity contribution < 1.29 is 8.83 Å². The molecule has 4 heterocycles. The van der Waals surface area contributed by atoms with Crippen LogP contribution in [0.4, 0.5) is 0 Å². The fourth-order valence-electron chi connectivity index (χ4n) is 8.72. The number of aromatic nitrogens is 3. The van der Waals surface area contributed by atoms with Crippen LogP contribution in [-0.2, 0) is 0 Å². The van der Waals surface area contributed by atoms with Gasteiger partial charge in [0.1, 0.15) is 22.3 Å². The molecule has 0 aliphatic carbocycles. The normalized spacial score (nSPS) is 11.7. The average molecular weight is 768 g/mol. The van der Waals surface area contributed by atoms with Gasteiger partial charge in [-0.2, -0.15) is 0 Å². The Morgan fingerprint density at radius 3 is 1.68 bits per heavy atom. The Balaban J connectivity index is 0.956. The van der Waals surface area contributed by atoms with Gasteiger partial charge in [0, 0.05) is 60.9 Å². The first-order chi connectivity index (χ1) is 29.7. The number of hydrogen-bond acceptors (Lipinski definition) is 5. The summed E-state index contributed by atoms with van der Waals surface area (Å²) < 4.78 is 13.0. The van der Waals surface area contributed by atoms with Crippen molar-refractivity contribution >= 4 is 54.8 Å². The maximum absolute atomic E-state index is 6.74. The standard InChI is InChI=1S/C55H33N3O2/c1-2-11-36(12-3-1)46-33-47(58-55(57-46)39-28-24-34(25-29-39)40-17-8-13-38-14-10-32-56-53(38)40)37-26-22-35(23-27-37)41-30-31-43(52-45-16-5-7-20-49(45)60-54(41)52)42-18-9-21-50-51(42)44-15-4-6-19-48(44)59-50/h1-33H. The van der Waals surface area contributed by atoms with E-state index in [-0.39, 0.29) is 0 Å². The van der Waals surface area contributed by atoms with E-state index in [1.165, 1.54) is 0 Å². The maximum Gasteiger partial charge on any atom is 0.160 e. The van der Waals surface area contributed by atoms with Gasteiger partial charge in [-0.3, -0.25) is 4.98 Å². The second-order valence-electron chi connectivity index (χ2n) is 15.1. The summed E-state index contributed by atoms with van der Waals surface area (Å²) in [5.74, 6) is 0.665. The van der Waals surface area contributed by atoms with Crippen LogP contribution in [0.15, 0.2) is 209 Å². The molecule has 0 saturated heterocycles. The Hall–Kier alpha value is -8.15. The van der Waals surface area contributed by atoms with Crippen LogP contribution >= 0.6 is 0 Å². The quantitative estimate of drug-likeness (QED) is 0.169. The highest BCUT2D eigenvalue weighted by Crippen LogP contribution is 2.45. The first-order valence-electron chi connectivity index (χ1n) is 20.1. The Morgan fingerprint density at radius 1 is 0.350 bits per heavy atom. The lowest BCUT2D eigenvalue weighted by atomic mass is 9.92. The van der Waals surface area contributed by atoms with E-state index in [0.29, 0.717) is 5.82 Å². The first kappa shape index (κ1) is 33.9. The molecule has 280 valence electrons. The van der Waals surface area contributed by atoms with Gasteiger partial charge in [0.05, 0.1) is 16.9 Å². The molecule has 0 unspecified atom stereocenters. The van der Waals surface area contributed by atoms with Gasteiger partial charge in [-0.05, 0) is 58.7 Å². The molecule has 0 saturated carbocycles. The first-order valence-corrected chi connectivity index (χ1v) is 20.1. The van der Waals surface area contributed by atoms with E-state index in [2.05, 4.69) is 145 Å². The Kier molecular flexibility index (Phi) is 7.78. The summed E-state index contributed by atoms with van der Waals surface area (Å²) in [7, 11) is 0. The Morgan fingerprint density at radius 2 is 0.900 bits per heavy atom. The number of fused-ring (bicyclic) bond motifs is 7. The molecule has 60 heavy (non-hydrogen) atoms. The summed E-state index contributed by atoms with van der Waals surface area (Å²) in [6.07, 6.45) is 1.85. The van der Waals surface area contributed by atoms with Crippen molar-refractivity contribution in [3.8, 4) is 67.3 Å². The molecule has 0 aliphatic rings. The number of rotatable bonds is 6. The molecule has 0 aliphatic heterocycles. The zero-order valence-electron chi connectivity index (χ0n) is 32.2. The zero-order chi connectivity index (χ0) is 39.6. The second kappa shape index (κ2) is 13.8. The number of benzene rings is 8.